The summed E-state index contributed by atoms with van der Waals surface area (Å²) in [5.41, 5.74) is -6.67. The minimum atomic E-state index is -5.85. The molecular formula is C31H26F6O4. The van der Waals surface area contributed by atoms with Crippen LogP contribution in [0, 0.1) is 0 Å². The second-order valence-corrected chi connectivity index (χ2v) is 8.29. The molecule has 0 saturated carbocycles. The molecular weight excluding hydrogens is 550 g/mol. The standard InChI is InChI=1S/C31H26F6O4/c1-5-9-21(10-6-2)27(38)40-25-17-13-23(14-18-25)29(30(32,33)34,31(35,36)37)24-15-19-26(20-16-24)41-28(39)22(11-7-3)12-8-4/h5-20H,1,3H2,2,4H3/b10-6-,12-8-,21-9+,22-11+. The molecule has 0 heterocycles. The van der Waals surface area contributed by atoms with Crippen LogP contribution in [0.25, 0.3) is 0 Å². The highest BCUT2D eigenvalue weighted by atomic mass is 19.4. The Kier molecular flexibility index (Phi) is 10.9. The first-order valence-corrected chi connectivity index (χ1v) is 12.0. The summed E-state index contributed by atoms with van der Waals surface area (Å²) >= 11 is 0. The SMILES string of the molecule is C=C/C=C(\C=C/C)C(=O)Oc1ccc(C(c2ccc(OC(=O)C(/C=C\C)=C/C=C)cc2)(C(F)(F)F)C(F)(F)F)cc1. The summed E-state index contributed by atoms with van der Waals surface area (Å²) in [4.78, 5) is 24.7. The van der Waals surface area contributed by atoms with Crippen LogP contribution in [-0.4, -0.2) is 24.3 Å². The molecule has 216 valence electrons. The van der Waals surface area contributed by atoms with Crippen LogP contribution in [0.1, 0.15) is 25.0 Å². The molecule has 41 heavy (non-hydrogen) atoms. The Balaban J connectivity index is 2.55. The molecule has 2 rings (SSSR count). The minimum Gasteiger partial charge on any atom is -0.423 e. The van der Waals surface area contributed by atoms with E-state index in [0.717, 1.165) is 24.3 Å². The van der Waals surface area contributed by atoms with E-state index in [9.17, 15) is 35.9 Å². The summed E-state index contributed by atoms with van der Waals surface area (Å²) < 4.78 is 97.1. The van der Waals surface area contributed by atoms with E-state index in [-0.39, 0.29) is 22.6 Å². The van der Waals surface area contributed by atoms with E-state index >= 15 is 0 Å². The zero-order valence-electron chi connectivity index (χ0n) is 22.1. The second-order valence-electron chi connectivity index (χ2n) is 8.29. The van der Waals surface area contributed by atoms with Gasteiger partial charge in [-0.1, -0.05) is 73.9 Å². The number of halogens is 6. The average molecular weight is 577 g/mol. The van der Waals surface area contributed by atoms with Gasteiger partial charge in [-0.25, -0.2) is 9.59 Å². The van der Waals surface area contributed by atoms with Gasteiger partial charge in [-0.3, -0.25) is 0 Å². The summed E-state index contributed by atoms with van der Waals surface area (Å²) in [6.07, 6.45) is -0.557. The number of benzene rings is 2. The van der Waals surface area contributed by atoms with Crippen LogP contribution < -0.4 is 9.47 Å². The second kappa shape index (κ2) is 13.6. The van der Waals surface area contributed by atoms with Gasteiger partial charge >= 0.3 is 24.3 Å². The first-order valence-electron chi connectivity index (χ1n) is 12.0. The highest BCUT2D eigenvalue weighted by molar-refractivity contribution is 5.94. The van der Waals surface area contributed by atoms with E-state index in [1.807, 2.05) is 0 Å². The molecule has 2 aromatic rings. The van der Waals surface area contributed by atoms with E-state index in [0.29, 0.717) is 24.3 Å². The summed E-state index contributed by atoms with van der Waals surface area (Å²) in [5.74, 6) is -2.33. The largest absolute Gasteiger partial charge is 0.423 e. The number of ether oxygens (including phenoxy) is 2. The van der Waals surface area contributed by atoms with E-state index in [4.69, 9.17) is 9.47 Å². The Labute approximate surface area is 233 Å². The van der Waals surface area contributed by atoms with Gasteiger partial charge < -0.3 is 9.47 Å². The zero-order chi connectivity index (χ0) is 30.8. The third-order valence-corrected chi connectivity index (χ3v) is 5.60. The Morgan fingerprint density at radius 2 is 0.951 bits per heavy atom. The van der Waals surface area contributed by atoms with Gasteiger partial charge in [0.1, 0.15) is 11.5 Å². The van der Waals surface area contributed by atoms with E-state index in [2.05, 4.69) is 13.2 Å². The van der Waals surface area contributed by atoms with Crippen LogP contribution in [0.2, 0.25) is 0 Å². The molecule has 0 aliphatic heterocycles. The van der Waals surface area contributed by atoms with Crippen LogP contribution in [0.15, 0.2) is 121 Å². The fourth-order valence-electron chi connectivity index (χ4n) is 3.86. The van der Waals surface area contributed by atoms with E-state index in [1.54, 1.807) is 13.8 Å². The molecule has 0 N–H and O–H groups in total. The van der Waals surface area contributed by atoms with Crippen molar-refractivity contribution in [2.45, 2.75) is 31.6 Å². The van der Waals surface area contributed by atoms with Gasteiger partial charge in [-0.05, 0) is 61.4 Å². The van der Waals surface area contributed by atoms with Crippen molar-refractivity contribution in [2.75, 3.05) is 0 Å². The molecule has 0 aromatic heterocycles. The van der Waals surface area contributed by atoms with E-state index < -0.39 is 40.8 Å². The van der Waals surface area contributed by atoms with Crippen molar-refractivity contribution in [1.29, 1.82) is 0 Å². The maximum absolute atomic E-state index is 14.5. The lowest BCUT2D eigenvalue weighted by Gasteiger charge is -2.38. The smallest absolute Gasteiger partial charge is 0.411 e. The minimum absolute atomic E-state index is 0.0603. The zero-order valence-corrected chi connectivity index (χ0v) is 22.1. The first-order chi connectivity index (χ1) is 19.3. The molecule has 0 aliphatic carbocycles. The van der Waals surface area contributed by atoms with Gasteiger partial charge in [0.25, 0.3) is 0 Å². The number of allylic oxidation sites excluding steroid dienone is 6. The van der Waals surface area contributed by atoms with Crippen LogP contribution in [0.3, 0.4) is 0 Å². The predicted molar refractivity (Wildman–Crippen MR) is 143 cm³/mol. The van der Waals surface area contributed by atoms with Crippen LogP contribution in [0.5, 0.6) is 11.5 Å². The third kappa shape index (κ3) is 7.33. The quantitative estimate of drug-likeness (QED) is 0.0939. The van der Waals surface area contributed by atoms with Crippen molar-refractivity contribution in [3.63, 3.8) is 0 Å². The number of esters is 2. The summed E-state index contributed by atoms with van der Waals surface area (Å²) in [6.45, 7) is 10.2. The fourth-order valence-corrected chi connectivity index (χ4v) is 3.86. The molecule has 0 radical (unpaired) electrons. The fraction of sp³-hybridized carbons (Fsp3) is 0.161. The molecule has 0 atom stereocenters. The lowest BCUT2D eigenvalue weighted by Crippen LogP contribution is -2.54. The molecule has 10 heteroatoms. The van der Waals surface area contributed by atoms with Crippen molar-refractivity contribution >= 4 is 11.9 Å². The molecule has 0 fully saturated rings. The predicted octanol–water partition coefficient (Wildman–Crippen LogP) is 8.29. The first kappa shape index (κ1) is 32.6. The van der Waals surface area contributed by atoms with Crippen molar-refractivity contribution in [2.24, 2.45) is 0 Å². The Hall–Kier alpha value is -4.60. The van der Waals surface area contributed by atoms with Crippen LogP contribution >= 0.6 is 0 Å². The number of rotatable bonds is 10. The van der Waals surface area contributed by atoms with Gasteiger partial charge in [0.15, 0.2) is 0 Å². The Bertz CT molecular complexity index is 1270. The summed E-state index contributed by atoms with van der Waals surface area (Å²) in [6, 6.07) is 5.72. The molecule has 0 aliphatic rings. The highest BCUT2D eigenvalue weighted by Gasteiger charge is 2.72. The molecule has 0 bridgehead atoms. The van der Waals surface area contributed by atoms with Gasteiger partial charge in [0.2, 0.25) is 5.41 Å². The Morgan fingerprint density at radius 3 is 1.20 bits per heavy atom. The van der Waals surface area contributed by atoms with Gasteiger partial charge in [0.05, 0.1) is 11.1 Å². The molecule has 0 spiro atoms. The van der Waals surface area contributed by atoms with Gasteiger partial charge in [-0.15, -0.1) is 0 Å². The van der Waals surface area contributed by atoms with Crippen LogP contribution in [-0.2, 0) is 15.0 Å². The van der Waals surface area contributed by atoms with Crippen LogP contribution in [0.4, 0.5) is 26.3 Å². The maximum Gasteiger partial charge on any atom is 0.411 e. The average Bonchev–Trinajstić information content (AvgIpc) is 2.89. The topological polar surface area (TPSA) is 52.6 Å². The monoisotopic (exact) mass is 576 g/mol. The Morgan fingerprint density at radius 1 is 0.634 bits per heavy atom. The molecule has 0 saturated heterocycles. The molecule has 0 unspecified atom stereocenters. The number of carbonyl (C=O) groups is 2. The van der Waals surface area contributed by atoms with E-state index in [1.165, 1.54) is 48.6 Å². The van der Waals surface area contributed by atoms with Crippen molar-refractivity contribution in [1.82, 2.24) is 0 Å². The highest BCUT2D eigenvalue weighted by Crippen LogP contribution is 2.56. The lowest BCUT2D eigenvalue weighted by molar-refractivity contribution is -0.288. The lowest BCUT2D eigenvalue weighted by atomic mass is 9.73. The van der Waals surface area contributed by atoms with Crippen molar-refractivity contribution in [3.8, 4) is 11.5 Å². The third-order valence-electron chi connectivity index (χ3n) is 5.60. The molecule has 2 aromatic carbocycles. The maximum atomic E-state index is 14.5. The van der Waals surface area contributed by atoms with Crippen molar-refractivity contribution in [3.05, 3.63) is 133 Å². The number of hydrogen-bond donors (Lipinski definition) is 0. The van der Waals surface area contributed by atoms with Gasteiger partial charge in [0, 0.05) is 0 Å². The van der Waals surface area contributed by atoms with Gasteiger partial charge in [-0.2, -0.15) is 26.3 Å². The number of carbonyl (C=O) groups excluding carboxylic acids is 2. The van der Waals surface area contributed by atoms with Crippen molar-refractivity contribution < 1.29 is 45.4 Å². The normalized spacial score (nSPS) is 13.4. The molecule has 4 nitrogen and oxygen atoms in total. The summed E-state index contributed by atoms with van der Waals surface area (Å²) in [5, 5.41) is 0. The number of alkyl halides is 6. The molecule has 0 amide bonds. The summed E-state index contributed by atoms with van der Waals surface area (Å²) in [7, 11) is 0. The number of hydrogen-bond acceptors (Lipinski definition) is 4.